The van der Waals surface area contributed by atoms with Crippen LogP contribution in [0.3, 0.4) is 0 Å². The first-order valence-corrected chi connectivity index (χ1v) is 6.71. The van der Waals surface area contributed by atoms with Gasteiger partial charge in [0.1, 0.15) is 0 Å². The number of amides is 1. The average molecular weight is 249 g/mol. The van der Waals surface area contributed by atoms with E-state index in [1.807, 2.05) is 11.8 Å². The van der Waals surface area contributed by atoms with Crippen molar-refractivity contribution in [3.05, 3.63) is 17.5 Å². The number of hydrogen-bond donors (Lipinski definition) is 1. The van der Waals surface area contributed by atoms with Crippen LogP contribution < -0.4 is 5.32 Å². The topological polar surface area (TPSA) is 58.4 Å². The number of nitrogens with one attached hydrogen (secondary N) is 1. The summed E-state index contributed by atoms with van der Waals surface area (Å²) in [6.45, 7) is 3.73. The zero-order chi connectivity index (χ0) is 12.5. The van der Waals surface area contributed by atoms with E-state index in [9.17, 15) is 4.79 Å². The van der Waals surface area contributed by atoms with Crippen LogP contribution in [0.15, 0.2) is 10.7 Å². The average Bonchev–Trinajstić information content (AvgIpc) is 2.89. The first-order valence-electron chi connectivity index (χ1n) is 6.71. The van der Waals surface area contributed by atoms with Gasteiger partial charge in [0.15, 0.2) is 0 Å². The first-order chi connectivity index (χ1) is 8.75. The lowest BCUT2D eigenvalue weighted by atomic mass is 10.2. The molecule has 18 heavy (non-hydrogen) atoms. The second-order valence-corrected chi connectivity index (χ2v) is 5.32. The summed E-state index contributed by atoms with van der Waals surface area (Å²) in [4.78, 5) is 14.4. The van der Waals surface area contributed by atoms with E-state index in [0.717, 1.165) is 37.9 Å². The van der Waals surface area contributed by atoms with Crippen molar-refractivity contribution in [3.8, 4) is 0 Å². The molecule has 5 heteroatoms. The Bertz CT molecular complexity index is 433. The van der Waals surface area contributed by atoms with Gasteiger partial charge in [-0.15, -0.1) is 0 Å². The fraction of sp³-hybridized carbons (Fsp3) is 0.692. The Morgan fingerprint density at radius 3 is 2.94 bits per heavy atom. The lowest BCUT2D eigenvalue weighted by Gasteiger charge is -2.24. The minimum absolute atomic E-state index is 0.00111. The van der Waals surface area contributed by atoms with Gasteiger partial charge in [0.05, 0.1) is 6.20 Å². The molecule has 98 valence electrons. The van der Waals surface area contributed by atoms with E-state index in [0.29, 0.717) is 17.8 Å². The lowest BCUT2D eigenvalue weighted by molar-refractivity contribution is 0.0685. The van der Waals surface area contributed by atoms with E-state index in [2.05, 4.69) is 10.5 Å². The van der Waals surface area contributed by atoms with Crippen LogP contribution in [0.5, 0.6) is 0 Å². The van der Waals surface area contributed by atoms with Crippen LogP contribution in [-0.2, 0) is 0 Å². The molecule has 1 unspecified atom stereocenters. The number of aryl methyl sites for hydroxylation is 1. The van der Waals surface area contributed by atoms with Crippen LogP contribution >= 0.6 is 0 Å². The largest absolute Gasteiger partial charge is 0.351 e. The van der Waals surface area contributed by atoms with Crippen molar-refractivity contribution < 1.29 is 9.32 Å². The minimum Gasteiger partial charge on any atom is -0.351 e. The monoisotopic (exact) mass is 249 g/mol. The first kappa shape index (κ1) is 11.7. The highest BCUT2D eigenvalue weighted by molar-refractivity contribution is 5.93. The highest BCUT2D eigenvalue weighted by Gasteiger charge is 2.36. The molecule has 1 N–H and O–H groups in total. The lowest BCUT2D eigenvalue weighted by Crippen LogP contribution is -2.42. The Hall–Kier alpha value is -1.36. The third-order valence-corrected chi connectivity index (χ3v) is 3.77. The van der Waals surface area contributed by atoms with E-state index in [-0.39, 0.29) is 5.91 Å². The van der Waals surface area contributed by atoms with Gasteiger partial charge in [0.2, 0.25) is 5.76 Å². The molecule has 0 spiro atoms. The maximum absolute atomic E-state index is 12.5. The zero-order valence-corrected chi connectivity index (χ0v) is 10.7. The molecule has 0 bridgehead atoms. The van der Waals surface area contributed by atoms with E-state index in [1.54, 1.807) is 6.20 Å². The molecule has 1 aromatic heterocycles. The van der Waals surface area contributed by atoms with Gasteiger partial charge < -0.3 is 14.7 Å². The molecule has 2 heterocycles. The highest BCUT2D eigenvalue weighted by atomic mass is 16.5. The number of aromatic nitrogens is 1. The summed E-state index contributed by atoms with van der Waals surface area (Å²) in [5, 5.41) is 7.14. The number of carbonyl (C=O) groups excluding carboxylic acids is 1. The molecule has 5 nitrogen and oxygen atoms in total. The Morgan fingerprint density at radius 2 is 2.39 bits per heavy atom. The second-order valence-electron chi connectivity index (χ2n) is 5.32. The van der Waals surface area contributed by atoms with Crippen LogP contribution in [0, 0.1) is 6.92 Å². The Kier molecular flexibility index (Phi) is 3.07. The molecule has 1 saturated carbocycles. The third kappa shape index (κ3) is 2.27. The van der Waals surface area contributed by atoms with Gasteiger partial charge in [0, 0.05) is 24.2 Å². The van der Waals surface area contributed by atoms with Crippen LogP contribution in [0.4, 0.5) is 0 Å². The van der Waals surface area contributed by atoms with E-state index >= 15 is 0 Å². The predicted molar refractivity (Wildman–Crippen MR) is 66.3 cm³/mol. The molecule has 1 atom stereocenters. The van der Waals surface area contributed by atoms with Crippen molar-refractivity contribution >= 4 is 5.91 Å². The number of carbonyl (C=O) groups is 1. The summed E-state index contributed by atoms with van der Waals surface area (Å²) < 4.78 is 5.09. The van der Waals surface area contributed by atoms with Gasteiger partial charge in [-0.1, -0.05) is 5.16 Å². The maximum Gasteiger partial charge on any atom is 0.293 e. The summed E-state index contributed by atoms with van der Waals surface area (Å²) in [5.74, 6) is 0.404. The quantitative estimate of drug-likeness (QED) is 0.875. The van der Waals surface area contributed by atoms with Crippen molar-refractivity contribution in [1.82, 2.24) is 15.4 Å². The number of hydrogen-bond acceptors (Lipinski definition) is 4. The van der Waals surface area contributed by atoms with E-state index in [1.165, 1.54) is 6.42 Å². The SMILES string of the molecule is Cc1cnoc1C(=O)N(CC1CCCN1)C1CC1. The van der Waals surface area contributed by atoms with Gasteiger partial charge in [0.25, 0.3) is 5.91 Å². The van der Waals surface area contributed by atoms with Gasteiger partial charge in [-0.05, 0) is 39.2 Å². The zero-order valence-electron chi connectivity index (χ0n) is 10.7. The van der Waals surface area contributed by atoms with Gasteiger partial charge in [-0.2, -0.15) is 0 Å². The molecule has 2 fully saturated rings. The van der Waals surface area contributed by atoms with Gasteiger partial charge in [-0.25, -0.2) is 0 Å². The minimum atomic E-state index is 0.00111. The molecular formula is C13H19N3O2. The molecular weight excluding hydrogens is 230 g/mol. The Balaban J connectivity index is 1.73. The van der Waals surface area contributed by atoms with Crippen LogP contribution in [0.1, 0.15) is 41.8 Å². The van der Waals surface area contributed by atoms with Crippen molar-refractivity contribution in [1.29, 1.82) is 0 Å². The standard InChI is InChI=1S/C13H19N3O2/c1-9-7-15-18-12(9)13(17)16(11-4-5-11)8-10-3-2-6-14-10/h7,10-11,14H,2-6,8H2,1H3. The molecule has 0 aromatic carbocycles. The summed E-state index contributed by atoms with van der Waals surface area (Å²) in [5.41, 5.74) is 0.824. The molecule has 2 aliphatic rings. The van der Waals surface area contributed by atoms with Crippen molar-refractivity contribution in [3.63, 3.8) is 0 Å². The van der Waals surface area contributed by atoms with E-state index in [4.69, 9.17) is 4.52 Å². The summed E-state index contributed by atoms with van der Waals surface area (Å²) in [6.07, 6.45) is 6.20. The van der Waals surface area contributed by atoms with Gasteiger partial charge >= 0.3 is 0 Å². The molecule has 1 aliphatic carbocycles. The summed E-state index contributed by atoms with van der Waals surface area (Å²) in [7, 11) is 0. The molecule has 1 saturated heterocycles. The molecule has 1 aromatic rings. The van der Waals surface area contributed by atoms with Crippen molar-refractivity contribution in [2.75, 3.05) is 13.1 Å². The van der Waals surface area contributed by atoms with Crippen LogP contribution in [0.25, 0.3) is 0 Å². The fourth-order valence-corrected chi connectivity index (χ4v) is 2.56. The summed E-state index contributed by atoms with van der Waals surface area (Å²) >= 11 is 0. The molecule has 1 amide bonds. The molecule has 0 radical (unpaired) electrons. The normalized spacial score (nSPS) is 23.3. The van der Waals surface area contributed by atoms with E-state index < -0.39 is 0 Å². The second kappa shape index (κ2) is 4.72. The molecule has 3 rings (SSSR count). The highest BCUT2D eigenvalue weighted by Crippen LogP contribution is 2.29. The van der Waals surface area contributed by atoms with Crippen LogP contribution in [-0.4, -0.2) is 41.1 Å². The van der Waals surface area contributed by atoms with Crippen LogP contribution in [0.2, 0.25) is 0 Å². The summed E-state index contributed by atoms with van der Waals surface area (Å²) in [6, 6.07) is 0.849. The maximum atomic E-state index is 12.5. The Morgan fingerprint density at radius 1 is 1.56 bits per heavy atom. The van der Waals surface area contributed by atoms with Crippen molar-refractivity contribution in [2.24, 2.45) is 0 Å². The third-order valence-electron chi connectivity index (χ3n) is 3.77. The van der Waals surface area contributed by atoms with Gasteiger partial charge in [-0.3, -0.25) is 4.79 Å². The number of nitrogens with zero attached hydrogens (tertiary/aromatic N) is 2. The fourth-order valence-electron chi connectivity index (χ4n) is 2.56. The molecule has 1 aliphatic heterocycles. The number of rotatable bonds is 4. The smallest absolute Gasteiger partial charge is 0.293 e. The van der Waals surface area contributed by atoms with Crippen molar-refractivity contribution in [2.45, 2.75) is 44.7 Å². The predicted octanol–water partition coefficient (Wildman–Crippen LogP) is 1.34. The Labute approximate surface area is 107 Å².